The van der Waals surface area contributed by atoms with Gasteiger partial charge in [-0.3, -0.25) is 19.7 Å². The Kier molecular flexibility index (Phi) is 8.60. The second kappa shape index (κ2) is 11.1. The third kappa shape index (κ3) is 7.03. The number of hydrogen-bond acceptors (Lipinski definition) is 8. The van der Waals surface area contributed by atoms with Crippen LogP contribution < -0.4 is 20.1 Å². The molecular formula is C20H25N3O6S. The number of anilines is 1. The van der Waals surface area contributed by atoms with Gasteiger partial charge in [0, 0.05) is 17.0 Å². The van der Waals surface area contributed by atoms with E-state index in [2.05, 4.69) is 15.6 Å². The van der Waals surface area contributed by atoms with Crippen molar-refractivity contribution in [2.75, 3.05) is 25.6 Å². The van der Waals surface area contributed by atoms with Crippen molar-refractivity contribution in [1.82, 2.24) is 10.3 Å². The van der Waals surface area contributed by atoms with Gasteiger partial charge in [-0.25, -0.2) is 4.98 Å². The minimum absolute atomic E-state index is 0.0118. The molecule has 0 aliphatic carbocycles. The summed E-state index contributed by atoms with van der Waals surface area (Å²) >= 11 is 1.21. The molecule has 0 unspecified atom stereocenters. The summed E-state index contributed by atoms with van der Waals surface area (Å²) in [4.78, 5) is 40.0. The number of amides is 2. The zero-order valence-corrected chi connectivity index (χ0v) is 18.1. The molecule has 30 heavy (non-hydrogen) atoms. The average molecular weight is 436 g/mol. The number of nitrogens with zero attached hydrogens (tertiary/aromatic N) is 1. The molecule has 0 atom stereocenters. The number of rotatable bonds is 10. The minimum Gasteiger partial charge on any atom is -0.493 e. The minimum atomic E-state index is -0.394. The summed E-state index contributed by atoms with van der Waals surface area (Å²) in [6, 6.07) is 4.64. The first-order valence-electron chi connectivity index (χ1n) is 9.34. The first-order valence-corrected chi connectivity index (χ1v) is 10.2. The van der Waals surface area contributed by atoms with Gasteiger partial charge in [-0.1, -0.05) is 0 Å². The maximum Gasteiger partial charge on any atom is 0.311 e. The van der Waals surface area contributed by atoms with Gasteiger partial charge in [-0.15, -0.1) is 11.3 Å². The van der Waals surface area contributed by atoms with Crippen LogP contribution in [-0.4, -0.2) is 49.1 Å². The van der Waals surface area contributed by atoms with Crippen LogP contribution in [0.15, 0.2) is 23.6 Å². The van der Waals surface area contributed by atoms with Gasteiger partial charge in [0.05, 0.1) is 25.8 Å². The van der Waals surface area contributed by atoms with Crippen LogP contribution in [0, 0.1) is 0 Å². The summed E-state index contributed by atoms with van der Waals surface area (Å²) in [5.41, 5.74) is 0.850. The molecule has 0 saturated heterocycles. The van der Waals surface area contributed by atoms with Crippen molar-refractivity contribution in [2.45, 2.75) is 33.2 Å². The first-order chi connectivity index (χ1) is 14.3. The topological polar surface area (TPSA) is 116 Å². The number of nitrogens with one attached hydrogen (secondary N) is 2. The van der Waals surface area contributed by atoms with E-state index in [9.17, 15) is 14.4 Å². The van der Waals surface area contributed by atoms with Crippen LogP contribution in [0.3, 0.4) is 0 Å². The van der Waals surface area contributed by atoms with E-state index in [4.69, 9.17) is 14.2 Å². The highest BCUT2D eigenvalue weighted by atomic mass is 32.1. The highest BCUT2D eigenvalue weighted by Crippen LogP contribution is 2.28. The van der Waals surface area contributed by atoms with Crippen molar-refractivity contribution in [2.24, 2.45) is 0 Å². The van der Waals surface area contributed by atoms with Gasteiger partial charge in [-0.2, -0.15) is 0 Å². The monoisotopic (exact) mass is 435 g/mol. The average Bonchev–Trinajstić information content (AvgIpc) is 3.12. The lowest BCUT2D eigenvalue weighted by Crippen LogP contribution is -2.34. The Hall–Kier alpha value is -3.14. The van der Waals surface area contributed by atoms with Crippen molar-refractivity contribution >= 4 is 34.3 Å². The Bertz CT molecular complexity index is 896. The molecule has 162 valence electrons. The third-order valence-corrected chi connectivity index (χ3v) is 4.44. The normalized spacial score (nSPS) is 10.4. The molecule has 1 aromatic heterocycles. The number of esters is 1. The van der Waals surface area contributed by atoms with Crippen LogP contribution in [0.2, 0.25) is 0 Å². The molecule has 0 saturated carbocycles. The third-order valence-electron chi connectivity index (χ3n) is 3.64. The molecule has 2 amide bonds. The summed E-state index contributed by atoms with van der Waals surface area (Å²) in [6.07, 6.45) is 0.0461. The van der Waals surface area contributed by atoms with Crippen LogP contribution in [0.5, 0.6) is 11.5 Å². The summed E-state index contributed by atoms with van der Waals surface area (Å²) in [6.45, 7) is 5.58. The van der Waals surface area contributed by atoms with E-state index in [-0.39, 0.29) is 30.9 Å². The van der Waals surface area contributed by atoms with Crippen molar-refractivity contribution in [3.05, 3.63) is 34.8 Å². The highest BCUT2D eigenvalue weighted by molar-refractivity contribution is 7.14. The second-order valence-corrected chi connectivity index (χ2v) is 7.31. The summed E-state index contributed by atoms with van der Waals surface area (Å²) < 4.78 is 15.6. The molecule has 0 spiro atoms. The summed E-state index contributed by atoms with van der Waals surface area (Å²) in [5.74, 6) is -0.352. The van der Waals surface area contributed by atoms with Crippen molar-refractivity contribution < 1.29 is 28.6 Å². The molecule has 9 nitrogen and oxygen atoms in total. The number of hydrogen-bond donors (Lipinski definition) is 2. The van der Waals surface area contributed by atoms with Crippen molar-refractivity contribution in [3.8, 4) is 11.5 Å². The Morgan fingerprint density at radius 1 is 1.20 bits per heavy atom. The Morgan fingerprint density at radius 3 is 2.63 bits per heavy atom. The van der Waals surface area contributed by atoms with E-state index in [0.717, 1.165) is 0 Å². The SMILES string of the molecule is CCOC(=O)Cc1csc(NC(=O)c2ccc(OCC(=O)NC(C)C)c(OC)c2)n1. The van der Waals surface area contributed by atoms with Gasteiger partial charge in [0.25, 0.3) is 11.8 Å². The first kappa shape index (κ1) is 23.1. The van der Waals surface area contributed by atoms with Gasteiger partial charge in [0.1, 0.15) is 0 Å². The fraction of sp³-hybridized carbons (Fsp3) is 0.400. The van der Waals surface area contributed by atoms with Crippen LogP contribution in [0.1, 0.15) is 36.8 Å². The maximum absolute atomic E-state index is 12.5. The molecule has 0 aliphatic heterocycles. The van der Waals surface area contributed by atoms with E-state index in [0.29, 0.717) is 34.5 Å². The maximum atomic E-state index is 12.5. The largest absolute Gasteiger partial charge is 0.493 e. The van der Waals surface area contributed by atoms with E-state index < -0.39 is 5.91 Å². The Labute approximate surface area is 178 Å². The number of benzene rings is 1. The fourth-order valence-corrected chi connectivity index (χ4v) is 3.12. The lowest BCUT2D eigenvalue weighted by molar-refractivity contribution is -0.142. The summed E-state index contributed by atoms with van der Waals surface area (Å²) in [5, 5.41) is 7.46. The Balaban J connectivity index is 2.00. The molecule has 0 radical (unpaired) electrons. The molecule has 2 rings (SSSR count). The number of methoxy groups -OCH3 is 1. The quantitative estimate of drug-likeness (QED) is 0.551. The number of carbonyl (C=O) groups is 3. The van der Waals surface area contributed by atoms with Crippen LogP contribution in [-0.2, 0) is 20.7 Å². The lowest BCUT2D eigenvalue weighted by Gasteiger charge is -2.13. The van der Waals surface area contributed by atoms with Crippen LogP contribution in [0.4, 0.5) is 5.13 Å². The molecular weight excluding hydrogens is 410 g/mol. The molecule has 0 bridgehead atoms. The zero-order chi connectivity index (χ0) is 22.1. The van der Waals surface area contributed by atoms with E-state index >= 15 is 0 Å². The van der Waals surface area contributed by atoms with Gasteiger partial charge >= 0.3 is 5.97 Å². The molecule has 2 N–H and O–H groups in total. The number of aromatic nitrogens is 1. The zero-order valence-electron chi connectivity index (χ0n) is 17.3. The van der Waals surface area contributed by atoms with Crippen LogP contribution in [0.25, 0.3) is 0 Å². The molecule has 2 aromatic rings. The van der Waals surface area contributed by atoms with Gasteiger partial charge < -0.3 is 19.5 Å². The second-order valence-electron chi connectivity index (χ2n) is 6.46. The van der Waals surface area contributed by atoms with Gasteiger partial charge in [-0.05, 0) is 39.0 Å². The number of carbonyl (C=O) groups excluding carboxylic acids is 3. The van der Waals surface area contributed by atoms with E-state index in [1.807, 2.05) is 13.8 Å². The lowest BCUT2D eigenvalue weighted by atomic mass is 10.2. The Morgan fingerprint density at radius 2 is 1.97 bits per heavy atom. The van der Waals surface area contributed by atoms with Gasteiger partial charge in [0.2, 0.25) is 0 Å². The smallest absolute Gasteiger partial charge is 0.311 e. The highest BCUT2D eigenvalue weighted by Gasteiger charge is 2.15. The van der Waals surface area contributed by atoms with Gasteiger partial charge in [0.15, 0.2) is 23.2 Å². The van der Waals surface area contributed by atoms with Crippen molar-refractivity contribution in [1.29, 1.82) is 0 Å². The molecule has 1 aromatic carbocycles. The van der Waals surface area contributed by atoms with Crippen LogP contribution >= 0.6 is 11.3 Å². The molecule has 0 fully saturated rings. The molecule has 10 heteroatoms. The van der Waals surface area contributed by atoms with Crippen molar-refractivity contribution in [3.63, 3.8) is 0 Å². The molecule has 0 aliphatic rings. The number of ether oxygens (including phenoxy) is 3. The number of thiazole rings is 1. The fourth-order valence-electron chi connectivity index (χ4n) is 2.41. The van der Waals surface area contributed by atoms with E-state index in [1.54, 1.807) is 24.4 Å². The summed E-state index contributed by atoms with van der Waals surface area (Å²) in [7, 11) is 1.44. The predicted octanol–water partition coefficient (Wildman–Crippen LogP) is 2.41. The van der Waals surface area contributed by atoms with E-state index in [1.165, 1.54) is 24.5 Å². The molecule has 1 heterocycles. The standard InChI is InChI=1S/C20H25N3O6S/c1-5-28-18(25)9-14-11-30-20(22-14)23-19(26)13-6-7-15(16(8-13)27-4)29-10-17(24)21-12(2)3/h6-8,11-12H,5,9-10H2,1-4H3,(H,21,24)(H,22,23,26). The predicted molar refractivity (Wildman–Crippen MR) is 112 cm³/mol.